The molecule has 1 N–H and O–H groups in total. The summed E-state index contributed by atoms with van der Waals surface area (Å²) in [5, 5.41) is 2.44. The number of amides is 2. The molecule has 3 heterocycles. The lowest BCUT2D eigenvalue weighted by Crippen LogP contribution is -2.42. The van der Waals surface area contributed by atoms with Gasteiger partial charge in [-0.3, -0.25) is 19.7 Å². The van der Waals surface area contributed by atoms with Gasteiger partial charge in [0.05, 0.1) is 25.0 Å². The lowest BCUT2D eigenvalue weighted by Gasteiger charge is -2.34. The highest BCUT2D eigenvalue weighted by molar-refractivity contribution is 6.12. The van der Waals surface area contributed by atoms with Crippen LogP contribution in [0.1, 0.15) is 27.5 Å². The zero-order chi connectivity index (χ0) is 19.4. The third-order valence-corrected chi connectivity index (χ3v) is 5.95. The Morgan fingerprint density at radius 1 is 1.00 bits per heavy atom. The summed E-state index contributed by atoms with van der Waals surface area (Å²) in [6.45, 7) is 0. The fourth-order valence-electron chi connectivity index (χ4n) is 4.70. The number of rotatable bonds is 3. The van der Waals surface area contributed by atoms with Crippen molar-refractivity contribution >= 4 is 23.7 Å². The molecule has 2 aromatic carbocycles. The van der Waals surface area contributed by atoms with Crippen LogP contribution in [0.15, 0.2) is 54.7 Å². The highest BCUT2D eigenvalue weighted by atomic mass is 16.5. The van der Waals surface area contributed by atoms with Crippen molar-refractivity contribution in [1.29, 1.82) is 0 Å². The van der Waals surface area contributed by atoms with Crippen LogP contribution in [0.2, 0.25) is 0 Å². The average Bonchev–Trinajstić information content (AvgIpc) is 3.22. The Labute approximate surface area is 161 Å². The Kier molecular flexibility index (Phi) is 3.62. The summed E-state index contributed by atoms with van der Waals surface area (Å²) in [7, 11) is 1.56. The van der Waals surface area contributed by atoms with Gasteiger partial charge in [0.25, 0.3) is 0 Å². The van der Waals surface area contributed by atoms with Crippen molar-refractivity contribution in [3.63, 3.8) is 0 Å². The minimum absolute atomic E-state index is 0.172. The number of ketones is 1. The van der Waals surface area contributed by atoms with Gasteiger partial charge in [-0.1, -0.05) is 24.3 Å². The number of imide groups is 1. The van der Waals surface area contributed by atoms with Gasteiger partial charge in [0.15, 0.2) is 5.78 Å². The predicted molar refractivity (Wildman–Crippen MR) is 101 cm³/mol. The molecule has 0 radical (unpaired) electrons. The second kappa shape index (κ2) is 6.05. The summed E-state index contributed by atoms with van der Waals surface area (Å²) in [6, 6.07) is 13.6. The second-order valence-corrected chi connectivity index (χ2v) is 7.28. The van der Waals surface area contributed by atoms with Crippen LogP contribution in [0.25, 0.3) is 6.08 Å². The Balaban J connectivity index is 1.61. The quantitative estimate of drug-likeness (QED) is 0.658. The second-order valence-electron chi connectivity index (χ2n) is 7.28. The molecule has 3 aliphatic rings. The van der Waals surface area contributed by atoms with Crippen LogP contribution >= 0.6 is 0 Å². The molecule has 2 aromatic rings. The summed E-state index contributed by atoms with van der Waals surface area (Å²) in [5.41, 5.74) is 2.46. The lowest BCUT2D eigenvalue weighted by atomic mass is 9.83. The number of nitrogens with one attached hydrogen (secondary N) is 1. The topological polar surface area (TPSA) is 75.7 Å². The van der Waals surface area contributed by atoms with Gasteiger partial charge in [-0.2, -0.15) is 0 Å². The minimum Gasteiger partial charge on any atom is -0.497 e. The highest BCUT2D eigenvalue weighted by Crippen LogP contribution is 2.51. The number of carbonyl (C=O) groups excluding carboxylic acids is 3. The summed E-state index contributed by atoms with van der Waals surface area (Å²) >= 11 is 0. The van der Waals surface area contributed by atoms with Crippen molar-refractivity contribution in [3.05, 3.63) is 71.4 Å². The van der Waals surface area contributed by atoms with Crippen LogP contribution in [0.3, 0.4) is 0 Å². The number of hydrogen-bond acceptors (Lipinski definition) is 5. The molecule has 2 saturated heterocycles. The van der Waals surface area contributed by atoms with Gasteiger partial charge >= 0.3 is 0 Å². The maximum Gasteiger partial charge on any atom is 0.233 e. The highest BCUT2D eigenvalue weighted by Gasteiger charge is 2.61. The Bertz CT molecular complexity index is 1030. The van der Waals surface area contributed by atoms with E-state index >= 15 is 0 Å². The monoisotopic (exact) mass is 374 g/mol. The van der Waals surface area contributed by atoms with Gasteiger partial charge in [-0.15, -0.1) is 0 Å². The molecular formula is C22H18N2O4. The summed E-state index contributed by atoms with van der Waals surface area (Å²) in [4.78, 5) is 40.5. The Morgan fingerprint density at radius 2 is 1.71 bits per heavy atom. The van der Waals surface area contributed by atoms with E-state index < -0.39 is 17.9 Å². The van der Waals surface area contributed by atoms with Gasteiger partial charge in [-0.25, -0.2) is 0 Å². The molecule has 2 amide bonds. The SMILES string of the molecule is COc1ccc(C(=O)C2C3C(=O)NC(=O)C3C3c4ccccc4C=CN23)cc1. The number of benzene rings is 2. The van der Waals surface area contributed by atoms with E-state index in [9.17, 15) is 14.4 Å². The van der Waals surface area contributed by atoms with Gasteiger partial charge in [-0.05, 0) is 41.5 Å². The first-order valence-corrected chi connectivity index (χ1v) is 9.17. The molecule has 0 bridgehead atoms. The average molecular weight is 374 g/mol. The fourth-order valence-corrected chi connectivity index (χ4v) is 4.70. The Morgan fingerprint density at radius 3 is 2.46 bits per heavy atom. The van der Waals surface area contributed by atoms with Crippen LogP contribution in [-0.4, -0.2) is 35.6 Å². The molecule has 140 valence electrons. The minimum atomic E-state index is -0.723. The molecule has 0 spiro atoms. The van der Waals surface area contributed by atoms with E-state index in [1.165, 1.54) is 0 Å². The fraction of sp³-hybridized carbons (Fsp3) is 0.227. The van der Waals surface area contributed by atoms with Gasteiger partial charge < -0.3 is 9.64 Å². The molecule has 28 heavy (non-hydrogen) atoms. The van der Waals surface area contributed by atoms with Crippen molar-refractivity contribution in [2.24, 2.45) is 11.8 Å². The van der Waals surface area contributed by atoms with E-state index in [0.717, 1.165) is 11.1 Å². The van der Waals surface area contributed by atoms with Crippen molar-refractivity contribution in [2.75, 3.05) is 7.11 Å². The first-order valence-electron chi connectivity index (χ1n) is 9.17. The molecule has 0 aliphatic carbocycles. The zero-order valence-electron chi connectivity index (χ0n) is 15.2. The van der Waals surface area contributed by atoms with Crippen molar-refractivity contribution in [1.82, 2.24) is 10.2 Å². The first-order chi connectivity index (χ1) is 13.6. The smallest absolute Gasteiger partial charge is 0.233 e. The molecule has 4 unspecified atom stereocenters. The number of nitrogens with zero attached hydrogens (tertiary/aromatic N) is 1. The number of ether oxygens (including phenoxy) is 1. The molecule has 6 nitrogen and oxygen atoms in total. The van der Waals surface area contributed by atoms with E-state index in [4.69, 9.17) is 4.74 Å². The summed E-state index contributed by atoms with van der Waals surface area (Å²) < 4.78 is 5.16. The van der Waals surface area contributed by atoms with E-state index in [1.54, 1.807) is 31.4 Å². The van der Waals surface area contributed by atoms with Crippen LogP contribution in [0.4, 0.5) is 0 Å². The standard InChI is InChI=1S/C22H18N2O4/c1-28-14-8-6-13(7-9-14)20(25)19-17-16(21(26)23-22(17)27)18-15-5-3-2-4-12(15)10-11-24(18)19/h2-11,16-19H,1H3,(H,23,26,27). The number of methoxy groups -OCH3 is 1. The number of Topliss-reactive ketones (excluding diaryl/α,β-unsaturated/α-hetero) is 1. The Hall–Kier alpha value is -3.41. The lowest BCUT2D eigenvalue weighted by molar-refractivity contribution is -0.127. The van der Waals surface area contributed by atoms with Crippen molar-refractivity contribution in [2.45, 2.75) is 12.1 Å². The number of carbonyl (C=O) groups is 3. The zero-order valence-corrected chi connectivity index (χ0v) is 15.2. The normalized spacial score (nSPS) is 27.1. The van der Waals surface area contributed by atoms with E-state index in [1.807, 2.05) is 41.4 Å². The molecule has 5 rings (SSSR count). The number of hydrogen-bond donors (Lipinski definition) is 1. The molecule has 6 heteroatoms. The molecule has 0 saturated carbocycles. The van der Waals surface area contributed by atoms with Crippen molar-refractivity contribution in [3.8, 4) is 5.75 Å². The maximum absolute atomic E-state index is 13.4. The third-order valence-electron chi connectivity index (χ3n) is 5.95. The van der Waals surface area contributed by atoms with E-state index in [2.05, 4.69) is 5.32 Å². The summed E-state index contributed by atoms with van der Waals surface area (Å²) in [5.74, 6) is -1.48. The van der Waals surface area contributed by atoms with Gasteiger partial charge in [0.2, 0.25) is 11.8 Å². The maximum atomic E-state index is 13.4. The molecular weight excluding hydrogens is 356 g/mol. The predicted octanol–water partition coefficient (Wildman–Crippen LogP) is 2.18. The van der Waals surface area contributed by atoms with Crippen LogP contribution in [0.5, 0.6) is 5.75 Å². The van der Waals surface area contributed by atoms with Gasteiger partial charge in [0, 0.05) is 11.8 Å². The van der Waals surface area contributed by atoms with Crippen LogP contribution < -0.4 is 10.1 Å². The molecule has 3 aliphatic heterocycles. The first kappa shape index (κ1) is 16.7. The molecule has 0 aromatic heterocycles. The molecule has 2 fully saturated rings. The largest absolute Gasteiger partial charge is 0.497 e. The number of fused-ring (bicyclic) bond motifs is 5. The van der Waals surface area contributed by atoms with E-state index in [-0.39, 0.29) is 23.6 Å². The van der Waals surface area contributed by atoms with Gasteiger partial charge in [0.1, 0.15) is 11.8 Å². The molecule has 4 atom stereocenters. The van der Waals surface area contributed by atoms with Crippen LogP contribution in [-0.2, 0) is 9.59 Å². The van der Waals surface area contributed by atoms with Crippen molar-refractivity contribution < 1.29 is 19.1 Å². The van der Waals surface area contributed by atoms with Crippen LogP contribution in [0, 0.1) is 11.8 Å². The summed E-state index contributed by atoms with van der Waals surface area (Å²) in [6.07, 6.45) is 3.78. The third kappa shape index (κ3) is 2.24. The van der Waals surface area contributed by atoms with E-state index in [0.29, 0.717) is 11.3 Å².